The van der Waals surface area contributed by atoms with Gasteiger partial charge in [0.1, 0.15) is 5.52 Å². The highest BCUT2D eigenvalue weighted by molar-refractivity contribution is 5.73. The van der Waals surface area contributed by atoms with Gasteiger partial charge in [-0.15, -0.1) is 0 Å². The van der Waals surface area contributed by atoms with Gasteiger partial charge in [0, 0.05) is 5.92 Å². The quantitative estimate of drug-likeness (QED) is 0.713. The summed E-state index contributed by atoms with van der Waals surface area (Å²) in [5.74, 6) is 1.52. The molecule has 0 bridgehead atoms. The molecule has 0 aliphatic heterocycles. The van der Waals surface area contributed by atoms with Crippen molar-refractivity contribution in [2.75, 3.05) is 0 Å². The van der Waals surface area contributed by atoms with E-state index >= 15 is 0 Å². The van der Waals surface area contributed by atoms with Crippen molar-refractivity contribution in [3.05, 3.63) is 29.7 Å². The number of aryl methyl sites for hydroxylation is 1. The van der Waals surface area contributed by atoms with E-state index in [4.69, 9.17) is 4.42 Å². The van der Waals surface area contributed by atoms with Crippen LogP contribution in [0.15, 0.2) is 22.6 Å². The minimum atomic E-state index is 0.557. The zero-order valence-corrected chi connectivity index (χ0v) is 9.70. The molecule has 0 radical (unpaired) electrons. The summed E-state index contributed by atoms with van der Waals surface area (Å²) >= 11 is 0. The van der Waals surface area contributed by atoms with Crippen LogP contribution in [0.3, 0.4) is 0 Å². The highest BCUT2D eigenvalue weighted by Crippen LogP contribution is 2.33. The number of nitrogens with zero attached hydrogens (tertiary/aromatic N) is 1. The van der Waals surface area contributed by atoms with Crippen molar-refractivity contribution < 1.29 is 4.42 Å². The molecule has 1 aromatic carbocycles. The molecule has 2 nitrogen and oxygen atoms in total. The Morgan fingerprint density at radius 2 is 2.00 bits per heavy atom. The van der Waals surface area contributed by atoms with Crippen LogP contribution in [0.2, 0.25) is 0 Å². The summed E-state index contributed by atoms with van der Waals surface area (Å²) in [7, 11) is 0. The second kappa shape index (κ2) is 3.93. The summed E-state index contributed by atoms with van der Waals surface area (Å²) in [6.45, 7) is 2.09. The van der Waals surface area contributed by atoms with E-state index in [9.17, 15) is 0 Å². The Morgan fingerprint density at radius 1 is 1.19 bits per heavy atom. The lowest BCUT2D eigenvalue weighted by Crippen LogP contribution is -2.04. The minimum absolute atomic E-state index is 0.557. The number of hydrogen-bond acceptors (Lipinski definition) is 2. The van der Waals surface area contributed by atoms with Gasteiger partial charge >= 0.3 is 0 Å². The maximum atomic E-state index is 5.85. The Morgan fingerprint density at radius 3 is 2.81 bits per heavy atom. The molecule has 1 heterocycles. The second-order valence-electron chi connectivity index (χ2n) is 4.86. The van der Waals surface area contributed by atoms with Gasteiger partial charge in [0.05, 0.1) is 0 Å². The highest BCUT2D eigenvalue weighted by atomic mass is 16.3. The van der Waals surface area contributed by atoms with Gasteiger partial charge in [0.15, 0.2) is 11.5 Å². The maximum Gasteiger partial charge on any atom is 0.198 e. The lowest BCUT2D eigenvalue weighted by atomic mass is 9.89. The van der Waals surface area contributed by atoms with E-state index in [1.807, 2.05) is 6.07 Å². The van der Waals surface area contributed by atoms with Crippen molar-refractivity contribution in [2.24, 2.45) is 0 Å². The normalized spacial score (nSPS) is 18.1. The van der Waals surface area contributed by atoms with E-state index in [2.05, 4.69) is 24.0 Å². The van der Waals surface area contributed by atoms with E-state index < -0.39 is 0 Å². The fraction of sp³-hybridized carbons (Fsp3) is 0.500. The molecule has 2 heteroatoms. The number of oxazole rings is 1. The summed E-state index contributed by atoms with van der Waals surface area (Å²) in [6.07, 6.45) is 6.50. The zero-order chi connectivity index (χ0) is 11.0. The molecule has 0 unspecified atom stereocenters. The molecule has 0 saturated heterocycles. The molecule has 0 amide bonds. The van der Waals surface area contributed by atoms with Crippen molar-refractivity contribution in [3.63, 3.8) is 0 Å². The van der Waals surface area contributed by atoms with E-state index in [0.29, 0.717) is 5.92 Å². The average molecular weight is 215 g/mol. The zero-order valence-electron chi connectivity index (χ0n) is 9.70. The third-order valence-corrected chi connectivity index (χ3v) is 3.51. The van der Waals surface area contributed by atoms with Crippen LogP contribution in [-0.2, 0) is 0 Å². The summed E-state index contributed by atoms with van der Waals surface area (Å²) in [4.78, 5) is 4.63. The molecule has 1 aliphatic rings. The van der Waals surface area contributed by atoms with Crippen LogP contribution in [-0.4, -0.2) is 4.98 Å². The van der Waals surface area contributed by atoms with Gasteiger partial charge in [-0.05, 0) is 37.5 Å². The fourth-order valence-corrected chi connectivity index (χ4v) is 2.58. The van der Waals surface area contributed by atoms with E-state index in [1.54, 1.807) is 0 Å². The second-order valence-corrected chi connectivity index (χ2v) is 4.86. The smallest absolute Gasteiger partial charge is 0.198 e. The van der Waals surface area contributed by atoms with Crippen LogP contribution in [0.5, 0.6) is 0 Å². The molecule has 3 rings (SSSR count). The standard InChI is InChI=1S/C14H17NO/c1-10-7-8-13-12(9-10)15-14(16-13)11-5-3-2-4-6-11/h7-9,11H,2-6H2,1H3. The Bertz CT molecular complexity index is 494. The number of fused-ring (bicyclic) bond motifs is 1. The molecule has 0 N–H and O–H groups in total. The third kappa shape index (κ3) is 1.73. The minimum Gasteiger partial charge on any atom is -0.440 e. The molecule has 16 heavy (non-hydrogen) atoms. The number of benzene rings is 1. The molecule has 1 fully saturated rings. The van der Waals surface area contributed by atoms with Crippen LogP contribution < -0.4 is 0 Å². The van der Waals surface area contributed by atoms with Crippen molar-refractivity contribution in [2.45, 2.75) is 44.9 Å². The van der Waals surface area contributed by atoms with Crippen molar-refractivity contribution in [1.82, 2.24) is 4.98 Å². The third-order valence-electron chi connectivity index (χ3n) is 3.51. The largest absolute Gasteiger partial charge is 0.440 e. The van der Waals surface area contributed by atoms with Crippen LogP contribution in [0.1, 0.15) is 49.5 Å². The van der Waals surface area contributed by atoms with Gasteiger partial charge in [0.2, 0.25) is 0 Å². The molecule has 1 saturated carbocycles. The highest BCUT2D eigenvalue weighted by Gasteiger charge is 2.20. The Hall–Kier alpha value is -1.31. The van der Waals surface area contributed by atoms with E-state index in [0.717, 1.165) is 17.0 Å². The van der Waals surface area contributed by atoms with Gasteiger partial charge in [-0.25, -0.2) is 4.98 Å². The molecule has 84 valence electrons. The SMILES string of the molecule is Cc1ccc2oc(C3CCCCC3)nc2c1. The van der Waals surface area contributed by atoms with Crippen molar-refractivity contribution >= 4 is 11.1 Å². The molecular formula is C14H17NO. The van der Waals surface area contributed by atoms with Crippen LogP contribution in [0.25, 0.3) is 11.1 Å². The monoisotopic (exact) mass is 215 g/mol. The summed E-state index contributed by atoms with van der Waals surface area (Å²) in [5, 5.41) is 0. The van der Waals surface area contributed by atoms with Crippen LogP contribution >= 0.6 is 0 Å². The van der Waals surface area contributed by atoms with E-state index in [1.165, 1.54) is 37.7 Å². The van der Waals surface area contributed by atoms with Crippen LogP contribution in [0, 0.1) is 6.92 Å². The van der Waals surface area contributed by atoms with Gasteiger partial charge in [-0.3, -0.25) is 0 Å². The van der Waals surface area contributed by atoms with Gasteiger partial charge < -0.3 is 4.42 Å². The van der Waals surface area contributed by atoms with Crippen molar-refractivity contribution in [3.8, 4) is 0 Å². The molecule has 2 aromatic rings. The summed E-state index contributed by atoms with van der Waals surface area (Å²) in [6, 6.07) is 6.22. The number of rotatable bonds is 1. The molecule has 1 aliphatic carbocycles. The molecule has 1 aromatic heterocycles. The lowest BCUT2D eigenvalue weighted by molar-refractivity contribution is 0.373. The first kappa shape index (κ1) is 9.88. The summed E-state index contributed by atoms with van der Waals surface area (Å²) in [5.41, 5.74) is 3.20. The Labute approximate surface area is 95.7 Å². The van der Waals surface area contributed by atoms with Gasteiger partial charge in [0.25, 0.3) is 0 Å². The first-order valence-corrected chi connectivity index (χ1v) is 6.20. The summed E-state index contributed by atoms with van der Waals surface area (Å²) < 4.78 is 5.85. The van der Waals surface area contributed by atoms with Crippen molar-refractivity contribution in [1.29, 1.82) is 0 Å². The Kier molecular flexibility index (Phi) is 2.43. The topological polar surface area (TPSA) is 26.0 Å². The first-order chi connectivity index (χ1) is 7.83. The maximum absolute atomic E-state index is 5.85. The van der Waals surface area contributed by atoms with E-state index in [-0.39, 0.29) is 0 Å². The lowest BCUT2D eigenvalue weighted by Gasteiger charge is -2.17. The molecule has 0 atom stereocenters. The number of hydrogen-bond donors (Lipinski definition) is 0. The first-order valence-electron chi connectivity index (χ1n) is 6.20. The van der Waals surface area contributed by atoms with Gasteiger partial charge in [-0.1, -0.05) is 25.3 Å². The Balaban J connectivity index is 1.97. The predicted molar refractivity (Wildman–Crippen MR) is 64.6 cm³/mol. The van der Waals surface area contributed by atoms with Gasteiger partial charge in [-0.2, -0.15) is 0 Å². The average Bonchev–Trinajstić information content (AvgIpc) is 2.73. The fourth-order valence-electron chi connectivity index (χ4n) is 2.58. The molecule has 0 spiro atoms. The van der Waals surface area contributed by atoms with Crippen LogP contribution in [0.4, 0.5) is 0 Å². The predicted octanol–water partition coefficient (Wildman–Crippen LogP) is 4.18. The number of aromatic nitrogens is 1. The molecular weight excluding hydrogens is 198 g/mol.